The molecule has 3 aromatic heterocycles. The molecule has 26 heavy (non-hydrogen) atoms. The summed E-state index contributed by atoms with van der Waals surface area (Å²) in [6, 6.07) is 18.8. The van der Waals surface area contributed by atoms with Crippen LogP contribution in [0.2, 0.25) is 0 Å². The summed E-state index contributed by atoms with van der Waals surface area (Å²) in [4.78, 5) is 2.41. The zero-order valence-electron chi connectivity index (χ0n) is 13.9. The van der Waals surface area contributed by atoms with Crippen molar-refractivity contribution in [1.29, 1.82) is 0 Å². The number of thiophene rings is 2. The first kappa shape index (κ1) is 15.5. The minimum absolute atomic E-state index is 0.140. The van der Waals surface area contributed by atoms with Crippen molar-refractivity contribution in [2.75, 3.05) is 0 Å². The third-order valence-corrected chi connectivity index (χ3v) is 6.25. The SMILES string of the molecule is c1ccc(-n2cc(C3CC(c4cccs4)=NN3)c(-c3cccs3)n2)cc1. The molecular weight excluding hydrogens is 360 g/mol. The normalized spacial score (nSPS) is 16.5. The Bertz CT molecular complexity index is 1030. The zero-order valence-corrected chi connectivity index (χ0v) is 15.5. The van der Waals surface area contributed by atoms with E-state index in [1.54, 1.807) is 22.7 Å². The lowest BCUT2D eigenvalue weighted by molar-refractivity contribution is 0.621. The molecule has 0 spiro atoms. The molecule has 4 heterocycles. The molecular formula is C20H16N4S2. The van der Waals surface area contributed by atoms with Crippen LogP contribution in [0, 0.1) is 0 Å². The summed E-state index contributed by atoms with van der Waals surface area (Å²) in [6.07, 6.45) is 3.01. The quantitative estimate of drug-likeness (QED) is 0.538. The monoisotopic (exact) mass is 376 g/mol. The number of para-hydroxylation sites is 1. The second kappa shape index (κ2) is 6.55. The van der Waals surface area contributed by atoms with Gasteiger partial charge in [0.1, 0.15) is 5.69 Å². The average molecular weight is 377 g/mol. The van der Waals surface area contributed by atoms with Gasteiger partial charge in [0.15, 0.2) is 0 Å². The molecule has 6 heteroatoms. The number of hydrogen-bond donors (Lipinski definition) is 1. The summed E-state index contributed by atoms with van der Waals surface area (Å²) in [5.74, 6) is 0. The summed E-state index contributed by atoms with van der Waals surface area (Å²) in [7, 11) is 0. The number of benzene rings is 1. The van der Waals surface area contributed by atoms with E-state index in [9.17, 15) is 0 Å². The van der Waals surface area contributed by atoms with Gasteiger partial charge in [-0.2, -0.15) is 10.2 Å². The zero-order chi connectivity index (χ0) is 17.3. The van der Waals surface area contributed by atoms with Crippen LogP contribution in [0.25, 0.3) is 16.3 Å². The highest BCUT2D eigenvalue weighted by molar-refractivity contribution is 7.13. The molecule has 4 nitrogen and oxygen atoms in total. The first-order valence-electron chi connectivity index (χ1n) is 8.43. The highest BCUT2D eigenvalue weighted by Gasteiger charge is 2.27. The van der Waals surface area contributed by atoms with E-state index in [1.165, 1.54) is 15.3 Å². The molecule has 0 bridgehead atoms. The van der Waals surface area contributed by atoms with E-state index in [1.807, 2.05) is 22.9 Å². The van der Waals surface area contributed by atoms with Gasteiger partial charge in [0.05, 0.1) is 27.2 Å². The highest BCUT2D eigenvalue weighted by atomic mass is 32.1. The Kier molecular flexibility index (Phi) is 3.92. The molecule has 128 valence electrons. The van der Waals surface area contributed by atoms with Crippen molar-refractivity contribution in [2.45, 2.75) is 12.5 Å². The van der Waals surface area contributed by atoms with Crippen molar-refractivity contribution in [3.8, 4) is 16.3 Å². The second-order valence-corrected chi connectivity index (χ2v) is 8.01. The van der Waals surface area contributed by atoms with Crippen molar-refractivity contribution >= 4 is 28.4 Å². The molecule has 0 fully saturated rings. The molecule has 1 N–H and O–H groups in total. The summed E-state index contributed by atoms with van der Waals surface area (Å²) < 4.78 is 1.97. The van der Waals surface area contributed by atoms with Crippen LogP contribution in [0.15, 0.2) is 76.7 Å². The lowest BCUT2D eigenvalue weighted by atomic mass is 10.0. The Morgan fingerprint density at radius 2 is 1.69 bits per heavy atom. The summed E-state index contributed by atoms with van der Waals surface area (Å²) in [6.45, 7) is 0. The van der Waals surface area contributed by atoms with E-state index >= 15 is 0 Å². The smallest absolute Gasteiger partial charge is 0.108 e. The van der Waals surface area contributed by atoms with Gasteiger partial charge in [-0.15, -0.1) is 22.7 Å². The van der Waals surface area contributed by atoms with Gasteiger partial charge in [-0.25, -0.2) is 4.68 Å². The molecule has 1 aromatic carbocycles. The minimum atomic E-state index is 0.140. The molecule has 1 aliphatic heterocycles. The van der Waals surface area contributed by atoms with E-state index in [-0.39, 0.29) is 6.04 Å². The number of nitrogens with one attached hydrogen (secondary N) is 1. The lowest BCUT2D eigenvalue weighted by Crippen LogP contribution is -2.10. The van der Waals surface area contributed by atoms with Crippen LogP contribution >= 0.6 is 22.7 Å². The van der Waals surface area contributed by atoms with Gasteiger partial charge in [0.25, 0.3) is 0 Å². The van der Waals surface area contributed by atoms with Gasteiger partial charge in [-0.3, -0.25) is 0 Å². The first-order valence-corrected chi connectivity index (χ1v) is 10.2. The van der Waals surface area contributed by atoms with Crippen molar-refractivity contribution in [1.82, 2.24) is 15.2 Å². The van der Waals surface area contributed by atoms with Crippen molar-refractivity contribution in [2.24, 2.45) is 5.10 Å². The maximum atomic E-state index is 4.89. The van der Waals surface area contributed by atoms with Gasteiger partial charge in [0.2, 0.25) is 0 Å². The number of hydrogen-bond acceptors (Lipinski definition) is 5. The fraction of sp³-hybridized carbons (Fsp3) is 0.100. The van der Waals surface area contributed by atoms with Crippen molar-refractivity contribution in [3.05, 3.63) is 82.0 Å². The topological polar surface area (TPSA) is 42.2 Å². The summed E-state index contributed by atoms with van der Waals surface area (Å²) in [5, 5.41) is 13.7. The molecule has 5 rings (SSSR count). The van der Waals surface area contributed by atoms with Gasteiger partial charge >= 0.3 is 0 Å². The molecule has 0 radical (unpaired) electrons. The molecule has 1 atom stereocenters. The molecule has 0 saturated heterocycles. The van der Waals surface area contributed by atoms with Crippen LogP contribution in [-0.2, 0) is 0 Å². The van der Waals surface area contributed by atoms with Crippen LogP contribution in [0.4, 0.5) is 0 Å². The van der Waals surface area contributed by atoms with Crippen LogP contribution < -0.4 is 5.43 Å². The average Bonchev–Trinajstić information content (AvgIpc) is 3.49. The number of hydrazone groups is 1. The maximum Gasteiger partial charge on any atom is 0.108 e. The third kappa shape index (κ3) is 2.77. The summed E-state index contributed by atoms with van der Waals surface area (Å²) >= 11 is 3.45. The maximum absolute atomic E-state index is 4.89. The predicted molar refractivity (Wildman–Crippen MR) is 108 cm³/mol. The molecule has 4 aromatic rings. The van der Waals surface area contributed by atoms with Crippen molar-refractivity contribution < 1.29 is 0 Å². The highest BCUT2D eigenvalue weighted by Crippen LogP contribution is 2.35. The van der Waals surface area contributed by atoms with E-state index in [2.05, 4.69) is 63.9 Å². The van der Waals surface area contributed by atoms with E-state index < -0.39 is 0 Å². The molecule has 1 unspecified atom stereocenters. The Hall–Kier alpha value is -2.70. The van der Waals surface area contributed by atoms with E-state index in [4.69, 9.17) is 5.10 Å². The Balaban J connectivity index is 1.53. The van der Waals surface area contributed by atoms with E-state index in [0.29, 0.717) is 0 Å². The number of nitrogens with zero attached hydrogens (tertiary/aromatic N) is 3. The van der Waals surface area contributed by atoms with E-state index in [0.717, 1.165) is 23.5 Å². The number of aromatic nitrogens is 2. The predicted octanol–water partition coefficient (Wildman–Crippen LogP) is 5.10. The number of rotatable bonds is 4. The minimum Gasteiger partial charge on any atom is -0.302 e. The Morgan fingerprint density at radius 3 is 2.42 bits per heavy atom. The largest absolute Gasteiger partial charge is 0.302 e. The lowest BCUT2D eigenvalue weighted by Gasteiger charge is -2.08. The fourth-order valence-electron chi connectivity index (χ4n) is 3.18. The van der Waals surface area contributed by atoms with Crippen molar-refractivity contribution in [3.63, 3.8) is 0 Å². The van der Waals surface area contributed by atoms with Crippen LogP contribution in [0.3, 0.4) is 0 Å². The third-order valence-electron chi connectivity index (χ3n) is 4.45. The standard InChI is InChI=1S/C20H16N4S2/c1-2-6-14(7-3-1)24-13-15(20(23-24)19-9-5-11-26-19)16-12-17(22-21-16)18-8-4-10-25-18/h1-11,13,16,21H,12H2. The van der Waals surface area contributed by atoms with Gasteiger partial charge in [0, 0.05) is 18.2 Å². The van der Waals surface area contributed by atoms with Gasteiger partial charge in [-0.1, -0.05) is 30.3 Å². The van der Waals surface area contributed by atoms with Crippen LogP contribution in [0.1, 0.15) is 22.9 Å². The Labute approximate surface area is 159 Å². The van der Waals surface area contributed by atoms with Gasteiger partial charge in [-0.05, 0) is 35.0 Å². The molecule has 0 amide bonds. The Morgan fingerprint density at radius 1 is 0.923 bits per heavy atom. The second-order valence-electron chi connectivity index (χ2n) is 6.11. The van der Waals surface area contributed by atoms with Crippen LogP contribution in [0.5, 0.6) is 0 Å². The molecule has 1 aliphatic rings. The first-order chi connectivity index (χ1) is 12.9. The fourth-order valence-corrected chi connectivity index (χ4v) is 4.64. The van der Waals surface area contributed by atoms with Crippen LogP contribution in [-0.4, -0.2) is 15.5 Å². The molecule has 0 aliphatic carbocycles. The van der Waals surface area contributed by atoms with Gasteiger partial charge < -0.3 is 5.43 Å². The molecule has 0 saturated carbocycles. The summed E-state index contributed by atoms with van der Waals surface area (Å²) in [5.41, 5.74) is 7.73.